The lowest BCUT2D eigenvalue weighted by molar-refractivity contribution is -0.109. The molecule has 1 heterocycles. The topological polar surface area (TPSA) is 149 Å². The molecule has 5 N–H and O–H groups in total. The highest BCUT2D eigenvalue weighted by molar-refractivity contribution is 7.90. The van der Waals surface area contributed by atoms with Crippen molar-refractivity contribution in [2.45, 2.75) is 79.3 Å². The second-order valence-electron chi connectivity index (χ2n) is 11.8. The number of nitrogens with zero attached hydrogens (tertiary/aromatic N) is 1. The van der Waals surface area contributed by atoms with Gasteiger partial charge in [-0.1, -0.05) is 64.1 Å². The summed E-state index contributed by atoms with van der Waals surface area (Å²) in [4.78, 5) is 35.8. The molecule has 2 aliphatic rings. The Morgan fingerprint density at radius 1 is 1.04 bits per heavy atom. The summed E-state index contributed by atoms with van der Waals surface area (Å²) in [5.74, 6) is 0.0277. The van der Waals surface area contributed by atoms with Crippen molar-refractivity contribution in [3.8, 4) is 0 Å². The molecule has 262 valence electrons. The van der Waals surface area contributed by atoms with E-state index in [9.17, 15) is 22.8 Å². The molecule has 1 aliphatic heterocycles. The van der Waals surface area contributed by atoms with Gasteiger partial charge in [-0.3, -0.25) is 18.7 Å². The molecule has 11 nitrogen and oxygen atoms in total. The van der Waals surface area contributed by atoms with Gasteiger partial charge in [0, 0.05) is 49.9 Å². The Balaban J connectivity index is 0.000000782. The van der Waals surface area contributed by atoms with Crippen LogP contribution >= 0.6 is 0 Å². The number of benzene rings is 2. The van der Waals surface area contributed by atoms with Crippen LogP contribution in [-0.2, 0) is 20.5 Å². The molecule has 0 aromatic heterocycles. The Labute approximate surface area is 282 Å². The van der Waals surface area contributed by atoms with Gasteiger partial charge in [0.1, 0.15) is 0 Å². The first-order chi connectivity index (χ1) is 22.3. The summed E-state index contributed by atoms with van der Waals surface area (Å²) < 4.78 is 29.0. The molecule has 4 rings (SSSR count). The molecule has 47 heavy (non-hydrogen) atoms. The Morgan fingerprint density at radius 2 is 1.64 bits per heavy atom. The van der Waals surface area contributed by atoms with Gasteiger partial charge in [0.15, 0.2) is 0 Å². The lowest BCUT2D eigenvalue weighted by atomic mass is 9.93. The van der Waals surface area contributed by atoms with Crippen LogP contribution in [0.15, 0.2) is 61.2 Å². The fourth-order valence-electron chi connectivity index (χ4n) is 4.37. The van der Waals surface area contributed by atoms with Gasteiger partial charge < -0.3 is 21.3 Å². The summed E-state index contributed by atoms with van der Waals surface area (Å²) in [5, 5.41) is 11.7. The van der Waals surface area contributed by atoms with Gasteiger partial charge in [-0.25, -0.2) is 0 Å². The second kappa shape index (κ2) is 21.2. The van der Waals surface area contributed by atoms with Gasteiger partial charge in [0.2, 0.25) is 6.41 Å². The van der Waals surface area contributed by atoms with Crippen molar-refractivity contribution in [2.24, 2.45) is 5.92 Å². The van der Waals surface area contributed by atoms with Gasteiger partial charge in [-0.2, -0.15) is 13.1 Å². The number of carbonyl (C=O) groups is 3. The SMILES string of the molecule is C=CC.CC.CC(C)NCCNC(=O)c1cc(C(=O)NC(C)(C)c2ccccc2)cc(N2CCCNS2(=O)=O)c1.O=CNCC1CC1. The highest BCUT2D eigenvalue weighted by atomic mass is 32.2. The minimum Gasteiger partial charge on any atom is -0.358 e. The lowest BCUT2D eigenvalue weighted by Gasteiger charge is -2.30. The average Bonchev–Trinajstić information content (AvgIpc) is 3.88. The van der Waals surface area contributed by atoms with E-state index in [2.05, 4.69) is 32.6 Å². The van der Waals surface area contributed by atoms with Crippen molar-refractivity contribution >= 4 is 34.1 Å². The van der Waals surface area contributed by atoms with Gasteiger partial charge in [-0.15, -0.1) is 6.58 Å². The van der Waals surface area contributed by atoms with Crippen molar-refractivity contribution in [3.05, 3.63) is 77.9 Å². The second-order valence-corrected chi connectivity index (χ2v) is 13.5. The predicted octanol–water partition coefficient (Wildman–Crippen LogP) is 4.48. The molecule has 3 amide bonds. The van der Waals surface area contributed by atoms with Crippen LogP contribution in [0.3, 0.4) is 0 Å². The monoisotopic (exact) mass is 672 g/mol. The largest absolute Gasteiger partial charge is 0.358 e. The van der Waals surface area contributed by atoms with E-state index in [1.165, 1.54) is 35.3 Å². The summed E-state index contributed by atoms with van der Waals surface area (Å²) in [6.45, 7) is 19.5. The van der Waals surface area contributed by atoms with Crippen molar-refractivity contribution < 1.29 is 22.8 Å². The minimum absolute atomic E-state index is 0.206. The summed E-state index contributed by atoms with van der Waals surface area (Å²) in [7, 11) is -3.76. The van der Waals surface area contributed by atoms with Gasteiger partial charge in [0.25, 0.3) is 11.8 Å². The fourth-order valence-corrected chi connectivity index (χ4v) is 5.68. The lowest BCUT2D eigenvalue weighted by Crippen LogP contribution is -2.47. The molecular weight excluding hydrogens is 616 g/mol. The molecule has 2 fully saturated rings. The third-order valence-corrected chi connectivity index (χ3v) is 8.46. The first kappa shape index (κ1) is 41.3. The molecule has 12 heteroatoms. The van der Waals surface area contributed by atoms with E-state index < -0.39 is 21.7 Å². The molecule has 0 bridgehead atoms. The van der Waals surface area contributed by atoms with Crippen molar-refractivity contribution in [1.82, 2.24) is 26.0 Å². The van der Waals surface area contributed by atoms with Gasteiger partial charge >= 0.3 is 10.2 Å². The number of anilines is 1. The number of hydrogen-bond acceptors (Lipinski definition) is 6. The molecule has 2 aromatic carbocycles. The highest BCUT2D eigenvalue weighted by Crippen LogP contribution is 2.27. The first-order valence-corrected chi connectivity index (χ1v) is 17.8. The zero-order valence-electron chi connectivity index (χ0n) is 29.2. The summed E-state index contributed by atoms with van der Waals surface area (Å²) in [6, 6.07) is 14.3. The van der Waals surface area contributed by atoms with Crippen LogP contribution in [-0.4, -0.2) is 65.4 Å². The normalized spacial score (nSPS) is 14.9. The van der Waals surface area contributed by atoms with Crippen molar-refractivity contribution in [3.63, 3.8) is 0 Å². The summed E-state index contributed by atoms with van der Waals surface area (Å²) in [5.41, 5.74) is 0.932. The predicted molar refractivity (Wildman–Crippen MR) is 192 cm³/mol. The van der Waals surface area contributed by atoms with Crippen molar-refractivity contribution in [2.75, 3.05) is 37.0 Å². The Morgan fingerprint density at radius 3 is 2.17 bits per heavy atom. The number of carbonyl (C=O) groups excluding carboxylic acids is 3. The molecular formula is C35H56N6O5S. The third-order valence-electron chi connectivity index (χ3n) is 6.91. The maximum Gasteiger partial charge on any atom is 0.301 e. The van der Waals surface area contributed by atoms with E-state index in [-0.39, 0.29) is 35.3 Å². The number of amides is 3. The number of allylic oxidation sites excluding steroid dienone is 1. The third kappa shape index (κ3) is 15.1. The number of rotatable bonds is 12. The Hall–Kier alpha value is -3.74. The molecule has 2 aromatic rings. The molecule has 0 atom stereocenters. The molecule has 1 saturated heterocycles. The van der Waals surface area contributed by atoms with Crippen LogP contribution in [0.5, 0.6) is 0 Å². The van der Waals surface area contributed by atoms with Crippen LogP contribution in [0, 0.1) is 5.92 Å². The van der Waals surface area contributed by atoms with E-state index in [4.69, 9.17) is 0 Å². The van der Waals surface area contributed by atoms with Crippen LogP contribution in [0.4, 0.5) is 5.69 Å². The minimum atomic E-state index is -3.76. The highest BCUT2D eigenvalue weighted by Gasteiger charge is 2.29. The van der Waals surface area contributed by atoms with Crippen LogP contribution in [0.2, 0.25) is 0 Å². The first-order valence-electron chi connectivity index (χ1n) is 16.4. The van der Waals surface area contributed by atoms with E-state index in [0.29, 0.717) is 26.1 Å². The van der Waals surface area contributed by atoms with Gasteiger partial charge in [-0.05, 0) is 69.7 Å². The average molecular weight is 673 g/mol. The summed E-state index contributed by atoms with van der Waals surface area (Å²) >= 11 is 0. The van der Waals surface area contributed by atoms with Gasteiger partial charge in [0.05, 0.1) is 11.2 Å². The maximum atomic E-state index is 13.3. The zero-order valence-corrected chi connectivity index (χ0v) is 30.0. The quantitative estimate of drug-likeness (QED) is 0.128. The molecule has 0 unspecified atom stereocenters. The van der Waals surface area contributed by atoms with Crippen LogP contribution < -0.4 is 30.3 Å². The smallest absolute Gasteiger partial charge is 0.301 e. The van der Waals surface area contributed by atoms with Crippen LogP contribution in [0.25, 0.3) is 0 Å². The molecule has 0 spiro atoms. The molecule has 1 aliphatic carbocycles. The maximum absolute atomic E-state index is 13.3. The molecule has 1 saturated carbocycles. The number of nitrogens with one attached hydrogen (secondary N) is 5. The summed E-state index contributed by atoms with van der Waals surface area (Å²) in [6.07, 6.45) is 5.74. The van der Waals surface area contributed by atoms with E-state index in [1.54, 1.807) is 6.08 Å². The van der Waals surface area contributed by atoms with E-state index >= 15 is 0 Å². The van der Waals surface area contributed by atoms with Crippen LogP contribution in [0.1, 0.15) is 94.0 Å². The van der Waals surface area contributed by atoms with E-state index in [1.807, 2.05) is 78.8 Å². The van der Waals surface area contributed by atoms with Crippen molar-refractivity contribution in [1.29, 1.82) is 0 Å². The Bertz CT molecular complexity index is 1360. The zero-order chi connectivity index (χ0) is 35.5. The molecule has 0 radical (unpaired) electrons. The standard InChI is InChI=1S/C25H35N5O4S.C5H9NO.C3H6.C2H6/c1-18(2)26-12-13-27-23(31)19-15-20(17-22(16-19)30-14-8-11-28-35(30,33)34)24(32)29-25(3,4)21-9-6-5-7-10-21;7-4-6-3-5-1-2-5;1-3-2;1-2/h5-7,9-10,15-18,26,28H,8,11-14H2,1-4H3,(H,27,31)(H,29,32);4-5H,1-3H2,(H,6,7);3H,1H2,2H3;1-2H3. The number of hydrogen-bond donors (Lipinski definition) is 5. The fraction of sp³-hybridized carbons (Fsp3) is 0.514. The Kier molecular flexibility index (Phi) is 18.6. The van der Waals surface area contributed by atoms with E-state index in [0.717, 1.165) is 24.4 Å².